The minimum absolute atomic E-state index is 0.312. The number of nitrogens with one attached hydrogen (secondary N) is 3. The molecule has 1 unspecified atom stereocenters. The Bertz CT molecular complexity index is 1210. The van der Waals surface area contributed by atoms with Crippen molar-refractivity contribution in [2.24, 2.45) is 0 Å². The Balaban J connectivity index is 1.40. The van der Waals surface area contributed by atoms with Crippen molar-refractivity contribution >= 4 is 34.5 Å². The Labute approximate surface area is 184 Å². The minimum atomic E-state index is -1.25. The number of urea groups is 1. The van der Waals surface area contributed by atoms with Crippen LogP contribution >= 0.6 is 0 Å². The zero-order chi connectivity index (χ0) is 22.7. The van der Waals surface area contributed by atoms with Crippen molar-refractivity contribution in [3.05, 3.63) is 83.9 Å². The van der Waals surface area contributed by atoms with Gasteiger partial charge in [0.25, 0.3) is 17.7 Å². The molecule has 1 saturated heterocycles. The highest BCUT2D eigenvalue weighted by Crippen LogP contribution is 2.31. The van der Waals surface area contributed by atoms with Gasteiger partial charge < -0.3 is 10.6 Å². The number of carbonyl (C=O) groups excluding carboxylic acids is 4. The molecule has 4 rings (SSSR count). The summed E-state index contributed by atoms with van der Waals surface area (Å²) < 4.78 is 0. The number of amides is 5. The van der Waals surface area contributed by atoms with Crippen LogP contribution in [0.25, 0.3) is 10.8 Å². The molecule has 5 amide bonds. The molecule has 1 aliphatic rings. The van der Waals surface area contributed by atoms with E-state index in [1.807, 2.05) is 36.4 Å². The Morgan fingerprint density at radius 1 is 0.938 bits per heavy atom. The van der Waals surface area contributed by atoms with Gasteiger partial charge in [0.2, 0.25) is 0 Å². The molecule has 162 valence electrons. The van der Waals surface area contributed by atoms with Crippen LogP contribution in [0.3, 0.4) is 0 Å². The van der Waals surface area contributed by atoms with E-state index in [0.29, 0.717) is 22.6 Å². The van der Waals surface area contributed by atoms with E-state index in [1.165, 1.54) is 0 Å². The van der Waals surface area contributed by atoms with Gasteiger partial charge >= 0.3 is 6.03 Å². The van der Waals surface area contributed by atoms with Crippen LogP contribution in [-0.4, -0.2) is 35.3 Å². The number of carbonyl (C=O) groups is 4. The third kappa shape index (κ3) is 3.78. The molecule has 1 fully saturated rings. The number of nitrogens with zero attached hydrogens (tertiary/aromatic N) is 1. The van der Waals surface area contributed by atoms with Gasteiger partial charge in [0.15, 0.2) is 0 Å². The molecule has 0 spiro atoms. The summed E-state index contributed by atoms with van der Waals surface area (Å²) in [5.74, 6) is -1.71. The highest BCUT2D eigenvalue weighted by Gasteiger charge is 2.52. The maximum absolute atomic E-state index is 13.0. The normalized spacial score (nSPS) is 17.8. The number of hydrogen-bond donors (Lipinski definition) is 3. The average molecular weight is 430 g/mol. The predicted octanol–water partition coefficient (Wildman–Crippen LogP) is 2.46. The molecule has 1 aliphatic heterocycles. The molecule has 8 heteroatoms. The van der Waals surface area contributed by atoms with E-state index >= 15 is 0 Å². The Kier molecular flexibility index (Phi) is 5.59. The van der Waals surface area contributed by atoms with Gasteiger partial charge in [-0.2, -0.15) is 5.01 Å². The Morgan fingerprint density at radius 3 is 2.34 bits per heavy atom. The number of hydrogen-bond acceptors (Lipinski definition) is 4. The van der Waals surface area contributed by atoms with Crippen LogP contribution in [-0.2, 0) is 15.1 Å². The zero-order valence-corrected chi connectivity index (χ0v) is 17.4. The van der Waals surface area contributed by atoms with Crippen molar-refractivity contribution in [3.63, 3.8) is 0 Å². The molecule has 0 saturated carbocycles. The first-order valence-corrected chi connectivity index (χ1v) is 10.2. The maximum atomic E-state index is 13.0. The number of fused-ring (bicyclic) bond motifs is 1. The number of imide groups is 1. The lowest BCUT2D eigenvalue weighted by Crippen LogP contribution is -2.51. The van der Waals surface area contributed by atoms with Crippen LogP contribution in [0.4, 0.5) is 4.79 Å². The largest absolute Gasteiger partial charge is 0.344 e. The van der Waals surface area contributed by atoms with Crippen LogP contribution in [0, 0.1) is 0 Å². The van der Waals surface area contributed by atoms with Gasteiger partial charge in [-0.05, 0) is 34.9 Å². The molecule has 8 nitrogen and oxygen atoms in total. The van der Waals surface area contributed by atoms with Gasteiger partial charge in [-0.1, -0.05) is 67.6 Å². The van der Waals surface area contributed by atoms with Crippen molar-refractivity contribution in [3.8, 4) is 0 Å². The summed E-state index contributed by atoms with van der Waals surface area (Å²) in [7, 11) is 0. The fourth-order valence-corrected chi connectivity index (χ4v) is 3.80. The van der Waals surface area contributed by atoms with E-state index < -0.39 is 35.8 Å². The van der Waals surface area contributed by atoms with Crippen LogP contribution in [0.1, 0.15) is 29.3 Å². The molecule has 0 radical (unpaired) electrons. The van der Waals surface area contributed by atoms with Gasteiger partial charge in [0.05, 0.1) is 6.54 Å². The molecule has 32 heavy (non-hydrogen) atoms. The van der Waals surface area contributed by atoms with Crippen molar-refractivity contribution in [1.82, 2.24) is 21.1 Å². The molecule has 3 aromatic carbocycles. The zero-order valence-electron chi connectivity index (χ0n) is 17.4. The van der Waals surface area contributed by atoms with Crippen molar-refractivity contribution in [2.45, 2.75) is 18.9 Å². The van der Waals surface area contributed by atoms with Crippen LogP contribution in [0.2, 0.25) is 0 Å². The molecule has 1 atom stereocenters. The van der Waals surface area contributed by atoms with Crippen molar-refractivity contribution in [2.75, 3.05) is 6.54 Å². The molecule has 0 bridgehead atoms. The molecule has 3 N–H and O–H groups in total. The van der Waals surface area contributed by atoms with Gasteiger partial charge in [-0.15, -0.1) is 0 Å². The lowest BCUT2D eigenvalue weighted by Gasteiger charge is -2.25. The topological polar surface area (TPSA) is 108 Å². The summed E-state index contributed by atoms with van der Waals surface area (Å²) in [5.41, 5.74) is 2.07. The summed E-state index contributed by atoms with van der Waals surface area (Å²) in [5, 5.41) is 7.76. The molecule has 0 aromatic heterocycles. The summed E-state index contributed by atoms with van der Waals surface area (Å²) in [6, 6.07) is 21.0. The summed E-state index contributed by atoms with van der Waals surface area (Å²) in [6.07, 6.45) is 0.312. The van der Waals surface area contributed by atoms with Gasteiger partial charge in [0.1, 0.15) is 5.54 Å². The SMILES string of the molecule is CCC1(c2ccccc2)NC(=O)N(NC(=O)CNC(=O)c2ccc3ccccc3c2)C1=O. The highest BCUT2D eigenvalue weighted by molar-refractivity contribution is 6.08. The van der Waals surface area contributed by atoms with Gasteiger partial charge in [-0.3, -0.25) is 19.8 Å². The van der Waals surface area contributed by atoms with E-state index in [1.54, 1.807) is 43.3 Å². The Hall–Kier alpha value is -4.20. The predicted molar refractivity (Wildman–Crippen MR) is 118 cm³/mol. The summed E-state index contributed by atoms with van der Waals surface area (Å²) >= 11 is 0. The molecule has 1 heterocycles. The summed E-state index contributed by atoms with van der Waals surface area (Å²) in [4.78, 5) is 50.3. The number of rotatable bonds is 6. The molecule has 0 aliphatic carbocycles. The smallest absolute Gasteiger partial charge is 0.343 e. The average Bonchev–Trinajstić information content (AvgIpc) is 3.07. The third-order valence-corrected chi connectivity index (χ3v) is 5.55. The van der Waals surface area contributed by atoms with E-state index in [0.717, 1.165) is 10.8 Å². The molecular weight excluding hydrogens is 408 g/mol. The quantitative estimate of drug-likeness (QED) is 0.522. The second kappa shape index (κ2) is 8.50. The van der Waals surface area contributed by atoms with E-state index in [2.05, 4.69) is 16.1 Å². The number of benzene rings is 3. The highest BCUT2D eigenvalue weighted by atomic mass is 16.2. The molecule has 3 aromatic rings. The third-order valence-electron chi connectivity index (χ3n) is 5.55. The van der Waals surface area contributed by atoms with E-state index in [9.17, 15) is 19.2 Å². The first kappa shape index (κ1) is 21.0. The fraction of sp³-hybridized carbons (Fsp3) is 0.167. The first-order valence-electron chi connectivity index (χ1n) is 10.2. The second-order valence-electron chi connectivity index (χ2n) is 7.48. The van der Waals surface area contributed by atoms with Crippen molar-refractivity contribution in [1.29, 1.82) is 0 Å². The first-order chi connectivity index (χ1) is 15.4. The minimum Gasteiger partial charge on any atom is -0.343 e. The van der Waals surface area contributed by atoms with Gasteiger partial charge in [0, 0.05) is 5.56 Å². The number of hydrazine groups is 1. The standard InChI is InChI=1S/C24H22N4O4/c1-2-24(19-10-4-3-5-11-19)22(31)28(23(32)26-24)27-20(29)15-25-21(30)18-13-12-16-8-6-7-9-17(16)14-18/h3-14H,2,15H2,1H3,(H,25,30)(H,26,32)(H,27,29). The van der Waals surface area contributed by atoms with Gasteiger partial charge in [-0.25, -0.2) is 4.79 Å². The molecular formula is C24H22N4O4. The van der Waals surface area contributed by atoms with Crippen LogP contribution in [0.15, 0.2) is 72.8 Å². The van der Waals surface area contributed by atoms with Crippen molar-refractivity contribution < 1.29 is 19.2 Å². The lowest BCUT2D eigenvalue weighted by molar-refractivity contribution is -0.139. The monoisotopic (exact) mass is 430 g/mol. The lowest BCUT2D eigenvalue weighted by atomic mass is 9.87. The van der Waals surface area contributed by atoms with Crippen LogP contribution < -0.4 is 16.1 Å². The summed E-state index contributed by atoms with van der Waals surface area (Å²) in [6.45, 7) is 1.38. The van der Waals surface area contributed by atoms with E-state index in [-0.39, 0.29) is 0 Å². The van der Waals surface area contributed by atoms with Crippen LogP contribution in [0.5, 0.6) is 0 Å². The van der Waals surface area contributed by atoms with E-state index in [4.69, 9.17) is 0 Å². The second-order valence-corrected chi connectivity index (χ2v) is 7.48. The maximum Gasteiger partial charge on any atom is 0.344 e. The fourth-order valence-electron chi connectivity index (χ4n) is 3.80. The Morgan fingerprint density at radius 2 is 1.62 bits per heavy atom.